The van der Waals surface area contributed by atoms with Gasteiger partial charge in [-0.2, -0.15) is 0 Å². The lowest BCUT2D eigenvalue weighted by Crippen LogP contribution is -2.31. The molecule has 0 radical (unpaired) electrons. The van der Waals surface area contributed by atoms with Crippen LogP contribution in [0.3, 0.4) is 0 Å². The summed E-state index contributed by atoms with van der Waals surface area (Å²) in [5, 5.41) is 3.06. The van der Waals surface area contributed by atoms with Gasteiger partial charge in [-0.3, -0.25) is 23.9 Å². The number of sulfonamides is 1. The Hall–Kier alpha value is -3.96. The lowest BCUT2D eigenvalue weighted by molar-refractivity contribution is -0.116. The monoisotopic (exact) mass is 516 g/mol. The van der Waals surface area contributed by atoms with Crippen LogP contribution < -0.4 is 21.3 Å². The molecule has 0 saturated heterocycles. The van der Waals surface area contributed by atoms with Crippen molar-refractivity contribution in [3.05, 3.63) is 98.4 Å². The second-order valence-electron chi connectivity index (χ2n) is 7.48. The smallest absolute Gasteiger partial charge is 0.326 e. The molecule has 0 saturated carbocycles. The fourth-order valence-electron chi connectivity index (χ4n) is 3.42. The lowest BCUT2D eigenvalue weighted by atomic mass is 10.2. The van der Waals surface area contributed by atoms with Crippen molar-refractivity contribution in [2.45, 2.75) is 17.9 Å². The minimum absolute atomic E-state index is 0.0328. The number of amides is 1. The third-order valence-corrected chi connectivity index (χ3v) is 6.70. The molecule has 0 atom stereocenters. The summed E-state index contributed by atoms with van der Waals surface area (Å²) in [6, 6.07) is 15.5. The summed E-state index contributed by atoms with van der Waals surface area (Å²) in [5.74, 6) is -1.35. The highest BCUT2D eigenvalue weighted by Gasteiger charge is 2.20. The van der Waals surface area contributed by atoms with Crippen LogP contribution in [-0.2, 0) is 21.4 Å². The van der Waals surface area contributed by atoms with Crippen LogP contribution in [0.15, 0.2) is 81.2 Å². The molecule has 180 valence electrons. The fourth-order valence-corrected chi connectivity index (χ4v) is 4.82. The number of hydrogen-bond acceptors (Lipinski definition) is 5. The first-order valence-corrected chi connectivity index (χ1v) is 12.1. The van der Waals surface area contributed by atoms with Gasteiger partial charge in [-0.05, 0) is 54.6 Å². The number of para-hydroxylation sites is 1. The van der Waals surface area contributed by atoms with Crippen molar-refractivity contribution in [2.75, 3.05) is 10.0 Å². The van der Waals surface area contributed by atoms with E-state index in [2.05, 4.69) is 15.0 Å². The van der Waals surface area contributed by atoms with Gasteiger partial charge in [0.25, 0.3) is 15.6 Å². The molecule has 35 heavy (non-hydrogen) atoms. The van der Waals surface area contributed by atoms with Crippen molar-refractivity contribution in [3.63, 3.8) is 0 Å². The molecule has 1 aromatic heterocycles. The highest BCUT2D eigenvalue weighted by atomic mass is 35.5. The SMILES string of the molecule is O=C(CCn1c(=O)[nH]c(=O)c2ccccc21)Nc1ccc(NS(=O)(=O)c2cc(Cl)ccc2F)cc1. The van der Waals surface area contributed by atoms with E-state index < -0.39 is 37.9 Å². The number of rotatable bonds is 7. The zero-order chi connectivity index (χ0) is 25.2. The second kappa shape index (κ2) is 9.72. The first-order chi connectivity index (χ1) is 16.6. The van der Waals surface area contributed by atoms with E-state index in [9.17, 15) is 27.2 Å². The first-order valence-electron chi connectivity index (χ1n) is 10.2. The van der Waals surface area contributed by atoms with E-state index in [1.165, 1.54) is 34.9 Å². The van der Waals surface area contributed by atoms with Crippen molar-refractivity contribution < 1.29 is 17.6 Å². The normalized spacial score (nSPS) is 11.4. The van der Waals surface area contributed by atoms with Gasteiger partial charge in [0.2, 0.25) is 5.91 Å². The van der Waals surface area contributed by atoms with Gasteiger partial charge in [-0.1, -0.05) is 23.7 Å². The van der Waals surface area contributed by atoms with E-state index in [0.29, 0.717) is 16.6 Å². The molecule has 3 N–H and O–H groups in total. The number of aromatic amines is 1. The van der Waals surface area contributed by atoms with Gasteiger partial charge in [0.1, 0.15) is 10.7 Å². The van der Waals surface area contributed by atoms with Crippen LogP contribution in [-0.4, -0.2) is 23.9 Å². The van der Waals surface area contributed by atoms with E-state index >= 15 is 0 Å². The van der Waals surface area contributed by atoms with Crippen LogP contribution in [0.2, 0.25) is 5.02 Å². The standard InChI is InChI=1S/C23H18ClFN4O5S/c24-14-5-10-18(25)20(13-14)35(33,34)28-16-8-6-15(7-9-16)26-21(30)11-12-29-19-4-2-1-3-17(19)22(31)27-23(29)32/h1-10,13,28H,11-12H2,(H,26,30)(H,27,31,32). The van der Waals surface area contributed by atoms with E-state index in [1.54, 1.807) is 24.3 Å². The number of aromatic nitrogens is 2. The highest BCUT2D eigenvalue weighted by molar-refractivity contribution is 7.92. The zero-order valence-electron chi connectivity index (χ0n) is 17.9. The molecular weight excluding hydrogens is 499 g/mol. The average molecular weight is 517 g/mol. The Bertz CT molecular complexity index is 1650. The summed E-state index contributed by atoms with van der Waals surface area (Å²) in [6.07, 6.45) is -0.0572. The van der Waals surface area contributed by atoms with Gasteiger partial charge in [-0.25, -0.2) is 17.6 Å². The van der Waals surface area contributed by atoms with E-state index in [4.69, 9.17) is 11.6 Å². The van der Waals surface area contributed by atoms with Crippen LogP contribution in [0.4, 0.5) is 15.8 Å². The number of hydrogen-bond donors (Lipinski definition) is 3. The molecule has 12 heteroatoms. The van der Waals surface area contributed by atoms with Gasteiger partial charge in [0, 0.05) is 29.4 Å². The molecule has 1 heterocycles. The first kappa shape index (κ1) is 24.2. The zero-order valence-corrected chi connectivity index (χ0v) is 19.5. The van der Waals surface area contributed by atoms with Gasteiger partial charge in [-0.15, -0.1) is 0 Å². The topological polar surface area (TPSA) is 130 Å². The maximum atomic E-state index is 13.9. The molecule has 0 fully saturated rings. The number of nitrogens with zero attached hydrogens (tertiary/aromatic N) is 1. The van der Waals surface area contributed by atoms with Crippen LogP contribution in [0, 0.1) is 5.82 Å². The van der Waals surface area contributed by atoms with Gasteiger partial charge in [0.05, 0.1) is 10.9 Å². The maximum absolute atomic E-state index is 13.9. The average Bonchev–Trinajstić information content (AvgIpc) is 2.81. The van der Waals surface area contributed by atoms with E-state index in [0.717, 1.165) is 12.1 Å². The van der Waals surface area contributed by atoms with Crippen molar-refractivity contribution in [1.82, 2.24) is 9.55 Å². The van der Waals surface area contributed by atoms with E-state index in [1.807, 2.05) is 0 Å². The van der Waals surface area contributed by atoms with Crippen molar-refractivity contribution in [2.24, 2.45) is 0 Å². The summed E-state index contributed by atoms with van der Waals surface area (Å²) < 4.78 is 42.4. The molecule has 0 aliphatic rings. The molecule has 4 aromatic rings. The number of halogens is 2. The Morgan fingerprint density at radius 1 is 1.00 bits per heavy atom. The number of benzene rings is 3. The number of carbonyl (C=O) groups excluding carboxylic acids is 1. The molecule has 0 unspecified atom stereocenters. The summed E-state index contributed by atoms with van der Waals surface area (Å²) in [7, 11) is -4.22. The molecule has 1 amide bonds. The Morgan fingerprint density at radius 2 is 1.69 bits per heavy atom. The quantitative estimate of drug-likeness (QED) is 0.347. The Morgan fingerprint density at radius 3 is 2.43 bits per heavy atom. The third-order valence-electron chi connectivity index (χ3n) is 5.07. The molecule has 3 aromatic carbocycles. The molecule has 0 aliphatic carbocycles. The van der Waals surface area contributed by atoms with E-state index in [-0.39, 0.29) is 23.7 Å². The van der Waals surface area contributed by atoms with Crippen LogP contribution >= 0.6 is 11.6 Å². The summed E-state index contributed by atoms with van der Waals surface area (Å²) in [4.78, 5) is 38.2. The second-order valence-corrected chi connectivity index (χ2v) is 9.57. The summed E-state index contributed by atoms with van der Waals surface area (Å²) >= 11 is 5.77. The van der Waals surface area contributed by atoms with Gasteiger partial charge >= 0.3 is 5.69 Å². The Balaban J connectivity index is 1.42. The van der Waals surface area contributed by atoms with Gasteiger partial charge in [0.15, 0.2) is 0 Å². The Kier molecular flexibility index (Phi) is 6.72. The van der Waals surface area contributed by atoms with Crippen molar-refractivity contribution >= 4 is 49.8 Å². The number of anilines is 2. The third kappa shape index (κ3) is 5.42. The Labute approximate surface area is 203 Å². The van der Waals surface area contributed by atoms with Crippen molar-refractivity contribution in [3.8, 4) is 0 Å². The molecule has 4 rings (SSSR count). The fraction of sp³-hybridized carbons (Fsp3) is 0.0870. The minimum Gasteiger partial charge on any atom is -0.326 e. The number of H-pyrrole nitrogens is 1. The number of carbonyl (C=O) groups is 1. The van der Waals surface area contributed by atoms with Crippen LogP contribution in [0.1, 0.15) is 6.42 Å². The largest absolute Gasteiger partial charge is 0.328 e. The molecule has 0 aliphatic heterocycles. The molecule has 0 spiro atoms. The summed E-state index contributed by atoms with van der Waals surface area (Å²) in [5.41, 5.74) is -0.171. The predicted octanol–water partition coefficient (Wildman–Crippen LogP) is 3.31. The molecular formula is C23H18ClFN4O5S. The lowest BCUT2D eigenvalue weighted by Gasteiger charge is -2.11. The van der Waals surface area contributed by atoms with Crippen LogP contribution in [0.25, 0.3) is 10.9 Å². The number of fused-ring (bicyclic) bond motifs is 1. The number of aryl methyl sites for hydroxylation is 1. The highest BCUT2D eigenvalue weighted by Crippen LogP contribution is 2.23. The predicted molar refractivity (Wildman–Crippen MR) is 131 cm³/mol. The van der Waals surface area contributed by atoms with Crippen molar-refractivity contribution in [1.29, 1.82) is 0 Å². The van der Waals surface area contributed by atoms with Crippen LogP contribution in [0.5, 0.6) is 0 Å². The van der Waals surface area contributed by atoms with Gasteiger partial charge < -0.3 is 5.32 Å². The maximum Gasteiger partial charge on any atom is 0.328 e. The number of nitrogens with one attached hydrogen (secondary N) is 3. The minimum atomic E-state index is -4.22. The molecule has 9 nitrogen and oxygen atoms in total. The summed E-state index contributed by atoms with van der Waals surface area (Å²) in [6.45, 7) is 0.0328. The molecule has 0 bridgehead atoms.